The fraction of sp³-hybridized carbons (Fsp3) is 0.227. The molecule has 0 radical (unpaired) electrons. The van der Waals surface area contributed by atoms with E-state index in [1.165, 1.54) is 12.1 Å². The van der Waals surface area contributed by atoms with Crippen molar-refractivity contribution in [2.24, 2.45) is 0 Å². The number of nitrogens with zero attached hydrogens (tertiary/aromatic N) is 1. The van der Waals surface area contributed by atoms with Gasteiger partial charge in [0.05, 0.1) is 23.9 Å². The van der Waals surface area contributed by atoms with Crippen LogP contribution >= 0.6 is 15.9 Å². The molecule has 0 saturated heterocycles. The van der Waals surface area contributed by atoms with Crippen LogP contribution in [0.15, 0.2) is 40.9 Å². The van der Waals surface area contributed by atoms with Crippen molar-refractivity contribution >= 4 is 21.9 Å². The molecule has 1 aliphatic rings. The minimum Gasteiger partial charge on any atom is -0.496 e. The summed E-state index contributed by atoms with van der Waals surface area (Å²) in [6, 6.07) is 8.85. The van der Waals surface area contributed by atoms with E-state index < -0.39 is 17.6 Å². The third kappa shape index (κ3) is 3.44. The van der Waals surface area contributed by atoms with E-state index >= 15 is 0 Å². The number of methoxy groups -OCH3 is 1. The average molecular weight is 462 g/mol. The summed E-state index contributed by atoms with van der Waals surface area (Å²) < 4.78 is 41.1. The first-order chi connectivity index (χ1) is 13.9. The molecule has 3 aromatic rings. The quantitative estimate of drug-likeness (QED) is 0.474. The van der Waals surface area contributed by atoms with Gasteiger partial charge in [-0.2, -0.15) is 0 Å². The number of ether oxygens (including phenoxy) is 2. The molecule has 29 heavy (non-hydrogen) atoms. The van der Waals surface area contributed by atoms with Crippen molar-refractivity contribution < 1.29 is 23.0 Å². The van der Waals surface area contributed by atoms with Crippen LogP contribution in [0.4, 0.5) is 8.78 Å². The minimum atomic E-state index is -0.676. The van der Waals surface area contributed by atoms with Crippen molar-refractivity contribution in [1.82, 2.24) is 4.57 Å². The number of esters is 1. The van der Waals surface area contributed by atoms with Gasteiger partial charge in [-0.05, 0) is 70.7 Å². The molecule has 0 bridgehead atoms. The van der Waals surface area contributed by atoms with E-state index in [4.69, 9.17) is 9.47 Å². The van der Waals surface area contributed by atoms with Gasteiger partial charge in [0.2, 0.25) is 0 Å². The summed E-state index contributed by atoms with van der Waals surface area (Å²) >= 11 is 3.51. The molecule has 0 unspecified atom stereocenters. The van der Waals surface area contributed by atoms with Gasteiger partial charge in [-0.25, -0.2) is 13.6 Å². The van der Waals surface area contributed by atoms with Crippen molar-refractivity contribution in [2.75, 3.05) is 13.7 Å². The lowest BCUT2D eigenvalue weighted by atomic mass is 9.93. The average Bonchev–Trinajstić information content (AvgIpc) is 3.07. The Hall–Kier alpha value is -2.67. The van der Waals surface area contributed by atoms with Gasteiger partial charge >= 0.3 is 5.97 Å². The molecule has 1 aliphatic heterocycles. The summed E-state index contributed by atoms with van der Waals surface area (Å²) in [6.45, 7) is 2.52. The summed E-state index contributed by atoms with van der Waals surface area (Å²) in [6.07, 6.45) is 0.685. The number of carbonyl (C=O) groups is 1. The van der Waals surface area contributed by atoms with Crippen molar-refractivity contribution in [3.63, 3.8) is 0 Å². The van der Waals surface area contributed by atoms with Crippen LogP contribution in [0.5, 0.6) is 5.75 Å². The Kier molecular flexibility index (Phi) is 5.17. The number of halogens is 3. The second-order valence-electron chi connectivity index (χ2n) is 6.72. The van der Waals surface area contributed by atoms with Crippen LogP contribution in [0.2, 0.25) is 0 Å². The van der Waals surface area contributed by atoms with Gasteiger partial charge in [-0.1, -0.05) is 0 Å². The van der Waals surface area contributed by atoms with Crippen LogP contribution in [-0.4, -0.2) is 24.3 Å². The Balaban J connectivity index is 2.00. The van der Waals surface area contributed by atoms with Crippen LogP contribution < -0.4 is 4.74 Å². The van der Waals surface area contributed by atoms with Crippen molar-refractivity contribution in [3.8, 4) is 28.1 Å². The van der Waals surface area contributed by atoms with E-state index in [0.29, 0.717) is 35.5 Å². The summed E-state index contributed by atoms with van der Waals surface area (Å²) in [5.41, 5.74) is 3.93. The predicted molar refractivity (Wildman–Crippen MR) is 109 cm³/mol. The van der Waals surface area contributed by atoms with Gasteiger partial charge in [-0.3, -0.25) is 0 Å². The highest BCUT2D eigenvalue weighted by molar-refractivity contribution is 9.10. The highest BCUT2D eigenvalue weighted by Crippen LogP contribution is 2.43. The van der Waals surface area contributed by atoms with E-state index in [1.54, 1.807) is 20.1 Å². The van der Waals surface area contributed by atoms with E-state index in [0.717, 1.165) is 27.4 Å². The zero-order chi connectivity index (χ0) is 20.7. The molecule has 0 saturated carbocycles. The fourth-order valence-corrected chi connectivity index (χ4v) is 4.29. The number of fused-ring (bicyclic) bond motifs is 3. The number of rotatable bonds is 4. The Bertz CT molecular complexity index is 1100. The molecule has 1 aromatic heterocycles. The SMILES string of the molecule is CCOC(=O)c1cc(-c2cc(F)cc(F)c2)c2n1CCc1cc(OC)c(Br)cc1-2. The molecule has 0 fully saturated rings. The van der Waals surface area contributed by atoms with Crippen molar-refractivity contribution in [3.05, 3.63) is 63.8 Å². The summed E-state index contributed by atoms with van der Waals surface area (Å²) in [5, 5.41) is 0. The Morgan fingerprint density at radius 2 is 1.83 bits per heavy atom. The maximum atomic E-state index is 13.9. The minimum absolute atomic E-state index is 0.239. The molecule has 0 aliphatic carbocycles. The number of hydrogen-bond donors (Lipinski definition) is 0. The third-order valence-corrected chi connectivity index (χ3v) is 5.61. The summed E-state index contributed by atoms with van der Waals surface area (Å²) in [4.78, 5) is 12.6. The molecule has 0 amide bonds. The maximum Gasteiger partial charge on any atom is 0.354 e. The highest BCUT2D eigenvalue weighted by Gasteiger charge is 2.28. The van der Waals surface area contributed by atoms with E-state index in [2.05, 4.69) is 15.9 Å². The maximum absolute atomic E-state index is 13.9. The standard InChI is InChI=1S/C22H18BrF2NO3/c1-3-29-22(27)19-11-17(13-6-14(24)9-15(25)7-13)21-16-10-18(23)20(28-2)8-12(16)4-5-26(19)21/h6-11H,3-5H2,1-2H3. The van der Waals surface area contributed by atoms with Gasteiger partial charge in [0.25, 0.3) is 0 Å². The van der Waals surface area contributed by atoms with Gasteiger partial charge in [0.1, 0.15) is 23.1 Å². The number of benzene rings is 2. The molecule has 0 N–H and O–H groups in total. The molecular weight excluding hydrogens is 444 g/mol. The number of carbonyl (C=O) groups excluding carboxylic acids is 1. The molecular formula is C22H18BrF2NO3. The predicted octanol–water partition coefficient (Wildman–Crippen LogP) is 5.60. The highest BCUT2D eigenvalue weighted by atomic mass is 79.9. The zero-order valence-electron chi connectivity index (χ0n) is 15.9. The van der Waals surface area contributed by atoms with Crippen LogP contribution in [0, 0.1) is 11.6 Å². The lowest BCUT2D eigenvalue weighted by molar-refractivity contribution is 0.0514. The Labute approximate surface area is 175 Å². The van der Waals surface area contributed by atoms with Gasteiger partial charge in [0, 0.05) is 23.7 Å². The van der Waals surface area contributed by atoms with Crippen LogP contribution in [0.25, 0.3) is 22.4 Å². The van der Waals surface area contributed by atoms with Gasteiger partial charge < -0.3 is 14.0 Å². The zero-order valence-corrected chi connectivity index (χ0v) is 17.5. The molecule has 2 heterocycles. The molecule has 4 rings (SSSR count). The summed E-state index contributed by atoms with van der Waals surface area (Å²) in [5.74, 6) is -1.12. The fourth-order valence-electron chi connectivity index (χ4n) is 3.79. The number of hydrogen-bond acceptors (Lipinski definition) is 3. The largest absolute Gasteiger partial charge is 0.496 e. The molecule has 0 atom stereocenters. The Morgan fingerprint density at radius 3 is 2.48 bits per heavy atom. The lowest BCUT2D eigenvalue weighted by Crippen LogP contribution is -2.17. The smallest absolute Gasteiger partial charge is 0.354 e. The lowest BCUT2D eigenvalue weighted by Gasteiger charge is -2.23. The molecule has 7 heteroatoms. The molecule has 4 nitrogen and oxygen atoms in total. The number of aryl methyl sites for hydroxylation is 1. The van der Waals surface area contributed by atoms with Crippen LogP contribution in [0.3, 0.4) is 0 Å². The van der Waals surface area contributed by atoms with E-state index in [-0.39, 0.29) is 6.61 Å². The normalized spacial score (nSPS) is 12.3. The van der Waals surface area contributed by atoms with Gasteiger partial charge in [-0.15, -0.1) is 0 Å². The monoisotopic (exact) mass is 461 g/mol. The molecule has 2 aromatic carbocycles. The first kappa shape index (κ1) is 19.6. The van der Waals surface area contributed by atoms with Crippen LogP contribution in [0.1, 0.15) is 23.0 Å². The van der Waals surface area contributed by atoms with Crippen molar-refractivity contribution in [2.45, 2.75) is 19.9 Å². The van der Waals surface area contributed by atoms with Gasteiger partial charge in [0.15, 0.2) is 0 Å². The first-order valence-corrected chi connectivity index (χ1v) is 9.96. The molecule has 0 spiro atoms. The second kappa shape index (κ2) is 7.63. The van der Waals surface area contributed by atoms with E-state index in [1.807, 2.05) is 16.7 Å². The Morgan fingerprint density at radius 1 is 1.10 bits per heavy atom. The third-order valence-electron chi connectivity index (χ3n) is 4.99. The topological polar surface area (TPSA) is 40.5 Å². The van der Waals surface area contributed by atoms with E-state index in [9.17, 15) is 13.6 Å². The molecule has 150 valence electrons. The number of aromatic nitrogens is 1. The second-order valence-corrected chi connectivity index (χ2v) is 7.57. The van der Waals surface area contributed by atoms with Crippen molar-refractivity contribution in [1.29, 1.82) is 0 Å². The van der Waals surface area contributed by atoms with Crippen LogP contribution in [-0.2, 0) is 17.7 Å². The summed E-state index contributed by atoms with van der Waals surface area (Å²) in [7, 11) is 1.60. The first-order valence-electron chi connectivity index (χ1n) is 9.16.